The third-order valence-electron chi connectivity index (χ3n) is 4.17. The van der Waals surface area contributed by atoms with E-state index in [1.165, 1.54) is 0 Å². The first kappa shape index (κ1) is 13.0. The molecule has 4 rings (SSSR count). The molecule has 0 spiro atoms. The summed E-state index contributed by atoms with van der Waals surface area (Å²) in [6.07, 6.45) is 11.0. The van der Waals surface area contributed by atoms with Gasteiger partial charge >= 0.3 is 0 Å². The van der Waals surface area contributed by atoms with Crippen LogP contribution in [0.4, 0.5) is 0 Å². The average Bonchev–Trinajstić information content (AvgIpc) is 3.25. The van der Waals surface area contributed by atoms with Crippen LogP contribution in [-0.2, 0) is 0 Å². The summed E-state index contributed by atoms with van der Waals surface area (Å²) in [5.74, 6) is 0.0559. The van der Waals surface area contributed by atoms with Crippen LogP contribution in [0.5, 0.6) is 0 Å². The fraction of sp³-hybridized carbons (Fsp3) is 0.333. The molecule has 3 aromatic rings. The number of amides is 1. The van der Waals surface area contributed by atoms with Crippen LogP contribution in [0.1, 0.15) is 29.2 Å². The topological polar surface area (TPSA) is 68.3 Å². The van der Waals surface area contributed by atoms with Crippen LogP contribution >= 0.6 is 0 Å². The fourth-order valence-electron chi connectivity index (χ4n) is 3.00. The zero-order chi connectivity index (χ0) is 14.9. The van der Waals surface area contributed by atoms with E-state index < -0.39 is 0 Å². The van der Waals surface area contributed by atoms with E-state index in [1.54, 1.807) is 23.1 Å². The molecule has 0 aromatic carbocycles. The Morgan fingerprint density at radius 2 is 2.23 bits per heavy atom. The van der Waals surface area contributed by atoms with Crippen molar-refractivity contribution in [2.45, 2.75) is 18.9 Å². The van der Waals surface area contributed by atoms with Crippen LogP contribution in [0, 0.1) is 0 Å². The molecule has 0 N–H and O–H groups in total. The Bertz CT molecular complexity index is 793. The van der Waals surface area contributed by atoms with Crippen LogP contribution in [0.15, 0.2) is 43.4 Å². The molecular formula is C15H16N6O. The molecule has 1 atom stereocenters. The van der Waals surface area contributed by atoms with Gasteiger partial charge in [0.05, 0.1) is 17.9 Å². The minimum atomic E-state index is 0.0559. The van der Waals surface area contributed by atoms with Gasteiger partial charge in [-0.2, -0.15) is 0 Å². The number of hydrogen-bond acceptors (Lipinski definition) is 4. The number of hydrogen-bond donors (Lipinski definition) is 0. The summed E-state index contributed by atoms with van der Waals surface area (Å²) >= 11 is 0. The number of nitrogens with zero attached hydrogens (tertiary/aromatic N) is 6. The standard InChI is InChI=1S/C15H16N6O/c22-15(12-3-4-14-18-17-11-21(14)8-12)19-6-1-2-13(9-19)20-7-5-16-10-20/h3-5,7-8,10-11,13H,1-2,6,9H2/t13-/m0/s1. The lowest BCUT2D eigenvalue weighted by Gasteiger charge is -2.33. The Morgan fingerprint density at radius 3 is 3.09 bits per heavy atom. The van der Waals surface area contributed by atoms with Gasteiger partial charge in [0.25, 0.3) is 5.91 Å². The first-order valence-corrected chi connectivity index (χ1v) is 7.37. The van der Waals surface area contributed by atoms with Crippen LogP contribution in [0.25, 0.3) is 5.65 Å². The molecule has 3 aromatic heterocycles. The van der Waals surface area contributed by atoms with Gasteiger partial charge in [-0.25, -0.2) is 4.98 Å². The SMILES string of the molecule is O=C(c1ccc2nncn2c1)N1CCC[C@H](n2ccnc2)C1. The Balaban J connectivity index is 1.56. The van der Waals surface area contributed by atoms with Gasteiger partial charge in [-0.1, -0.05) is 0 Å². The molecular weight excluding hydrogens is 280 g/mol. The summed E-state index contributed by atoms with van der Waals surface area (Å²) in [6.45, 7) is 1.51. The van der Waals surface area contributed by atoms with Crippen molar-refractivity contribution in [2.75, 3.05) is 13.1 Å². The van der Waals surface area contributed by atoms with Crippen LogP contribution in [-0.4, -0.2) is 48.0 Å². The fourth-order valence-corrected chi connectivity index (χ4v) is 3.00. The monoisotopic (exact) mass is 296 g/mol. The predicted octanol–water partition coefficient (Wildman–Crippen LogP) is 1.40. The molecule has 7 nitrogen and oxygen atoms in total. The zero-order valence-electron chi connectivity index (χ0n) is 12.0. The molecule has 0 bridgehead atoms. The summed E-state index contributed by atoms with van der Waals surface area (Å²) in [5.41, 5.74) is 1.41. The van der Waals surface area contributed by atoms with Crippen molar-refractivity contribution in [3.8, 4) is 0 Å². The molecule has 0 unspecified atom stereocenters. The number of likely N-dealkylation sites (tertiary alicyclic amines) is 1. The first-order chi connectivity index (χ1) is 10.8. The number of fused-ring (bicyclic) bond motifs is 1. The largest absolute Gasteiger partial charge is 0.337 e. The first-order valence-electron chi connectivity index (χ1n) is 7.37. The van der Waals surface area contributed by atoms with E-state index >= 15 is 0 Å². The number of imidazole rings is 1. The van der Waals surface area contributed by atoms with Gasteiger partial charge in [0.2, 0.25) is 0 Å². The molecule has 1 aliphatic heterocycles. The van der Waals surface area contributed by atoms with Crippen molar-refractivity contribution in [1.29, 1.82) is 0 Å². The molecule has 1 fully saturated rings. The van der Waals surface area contributed by atoms with Gasteiger partial charge < -0.3 is 9.47 Å². The lowest BCUT2D eigenvalue weighted by atomic mass is 10.0. The van der Waals surface area contributed by atoms with E-state index in [2.05, 4.69) is 19.7 Å². The Labute approximate surface area is 127 Å². The second-order valence-electron chi connectivity index (χ2n) is 5.57. The second-order valence-corrected chi connectivity index (χ2v) is 5.57. The van der Waals surface area contributed by atoms with Gasteiger partial charge in [-0.3, -0.25) is 9.20 Å². The van der Waals surface area contributed by atoms with Gasteiger partial charge in [0.15, 0.2) is 5.65 Å². The number of rotatable bonds is 2. The molecule has 7 heteroatoms. The van der Waals surface area contributed by atoms with Gasteiger partial charge in [-0.15, -0.1) is 10.2 Å². The van der Waals surface area contributed by atoms with E-state index in [9.17, 15) is 4.79 Å². The normalized spacial score (nSPS) is 18.7. The Hall–Kier alpha value is -2.70. The van der Waals surface area contributed by atoms with Crippen molar-refractivity contribution in [1.82, 2.24) is 29.0 Å². The maximum Gasteiger partial charge on any atom is 0.255 e. The van der Waals surface area contributed by atoms with Crippen LogP contribution < -0.4 is 0 Å². The highest BCUT2D eigenvalue weighted by molar-refractivity contribution is 5.94. The molecule has 4 heterocycles. The van der Waals surface area contributed by atoms with Crippen molar-refractivity contribution < 1.29 is 4.79 Å². The molecule has 1 amide bonds. The summed E-state index contributed by atoms with van der Waals surface area (Å²) in [4.78, 5) is 18.7. The predicted molar refractivity (Wildman–Crippen MR) is 79.4 cm³/mol. The van der Waals surface area contributed by atoms with Crippen molar-refractivity contribution in [3.05, 3.63) is 48.9 Å². The second kappa shape index (κ2) is 5.25. The Morgan fingerprint density at radius 1 is 1.27 bits per heavy atom. The number of carbonyl (C=O) groups is 1. The summed E-state index contributed by atoms with van der Waals surface area (Å²) < 4.78 is 3.85. The number of piperidine rings is 1. The molecule has 0 aliphatic carbocycles. The lowest BCUT2D eigenvalue weighted by molar-refractivity contribution is 0.0679. The summed E-state index contributed by atoms with van der Waals surface area (Å²) in [6, 6.07) is 3.93. The van der Waals surface area contributed by atoms with Crippen LogP contribution in [0.2, 0.25) is 0 Å². The van der Waals surface area contributed by atoms with Crippen molar-refractivity contribution in [3.63, 3.8) is 0 Å². The highest BCUT2D eigenvalue weighted by Gasteiger charge is 2.25. The van der Waals surface area contributed by atoms with Crippen LogP contribution in [0.3, 0.4) is 0 Å². The Kier molecular flexibility index (Phi) is 3.10. The number of aromatic nitrogens is 5. The maximum absolute atomic E-state index is 12.7. The van der Waals surface area contributed by atoms with Gasteiger partial charge in [-0.05, 0) is 25.0 Å². The zero-order valence-corrected chi connectivity index (χ0v) is 12.0. The highest BCUT2D eigenvalue weighted by Crippen LogP contribution is 2.22. The minimum Gasteiger partial charge on any atom is -0.337 e. The van der Waals surface area contributed by atoms with Crippen molar-refractivity contribution >= 4 is 11.6 Å². The number of pyridine rings is 1. The minimum absolute atomic E-state index is 0.0559. The maximum atomic E-state index is 12.7. The molecule has 0 radical (unpaired) electrons. The van der Waals surface area contributed by atoms with Gasteiger partial charge in [0, 0.05) is 31.7 Å². The quantitative estimate of drug-likeness (QED) is 0.717. The van der Waals surface area contributed by atoms with E-state index in [0.717, 1.165) is 31.6 Å². The average molecular weight is 296 g/mol. The molecule has 112 valence electrons. The summed E-state index contributed by atoms with van der Waals surface area (Å²) in [7, 11) is 0. The van der Waals surface area contributed by atoms with E-state index in [4.69, 9.17) is 0 Å². The smallest absolute Gasteiger partial charge is 0.255 e. The van der Waals surface area contributed by atoms with E-state index in [0.29, 0.717) is 11.6 Å². The molecule has 1 saturated heterocycles. The van der Waals surface area contributed by atoms with E-state index in [-0.39, 0.29) is 5.91 Å². The summed E-state index contributed by atoms with van der Waals surface area (Å²) in [5, 5.41) is 7.79. The number of carbonyl (C=O) groups excluding carboxylic acids is 1. The third kappa shape index (κ3) is 2.24. The van der Waals surface area contributed by atoms with Gasteiger partial charge in [0.1, 0.15) is 6.33 Å². The highest BCUT2D eigenvalue weighted by atomic mass is 16.2. The molecule has 22 heavy (non-hydrogen) atoms. The van der Waals surface area contributed by atoms with E-state index in [1.807, 2.05) is 29.6 Å². The third-order valence-corrected chi connectivity index (χ3v) is 4.17. The van der Waals surface area contributed by atoms with Crippen molar-refractivity contribution in [2.24, 2.45) is 0 Å². The molecule has 1 aliphatic rings. The lowest BCUT2D eigenvalue weighted by Crippen LogP contribution is -2.40. The molecule has 0 saturated carbocycles.